The Kier molecular flexibility index (Phi) is 6.17. The van der Waals surface area contributed by atoms with Crippen LogP contribution in [0.15, 0.2) is 47.6 Å². The van der Waals surface area contributed by atoms with Gasteiger partial charge in [0, 0.05) is 25.5 Å². The number of amides is 1. The number of aryl methyl sites for hydroxylation is 2. The summed E-state index contributed by atoms with van der Waals surface area (Å²) in [5.74, 6) is -0.180. The fraction of sp³-hybridized carbons (Fsp3) is 0.300. The van der Waals surface area contributed by atoms with Crippen LogP contribution in [0.25, 0.3) is 0 Å². The van der Waals surface area contributed by atoms with Crippen LogP contribution in [0.4, 0.5) is 11.4 Å². The predicted molar refractivity (Wildman–Crippen MR) is 106 cm³/mol. The first-order chi connectivity index (χ1) is 11.9. The lowest BCUT2D eigenvalue weighted by atomic mass is 10.1. The van der Waals surface area contributed by atoms with Crippen molar-refractivity contribution < 1.29 is 4.79 Å². The van der Waals surface area contributed by atoms with Crippen molar-refractivity contribution in [3.63, 3.8) is 0 Å². The van der Waals surface area contributed by atoms with Gasteiger partial charge in [0.1, 0.15) is 6.04 Å². The van der Waals surface area contributed by atoms with Gasteiger partial charge in [0.15, 0.2) is 0 Å². The van der Waals surface area contributed by atoms with E-state index in [-0.39, 0.29) is 11.9 Å². The Labute approximate surface area is 149 Å². The van der Waals surface area contributed by atoms with Crippen LogP contribution in [0, 0.1) is 13.8 Å². The smallest absolute Gasteiger partial charge is 0.262 e. The molecule has 5 nitrogen and oxygen atoms in total. The number of hydrazone groups is 1. The molecular weight excluding hydrogens is 312 g/mol. The molecule has 0 fully saturated rings. The summed E-state index contributed by atoms with van der Waals surface area (Å²) in [5.41, 5.74) is 7.90. The summed E-state index contributed by atoms with van der Waals surface area (Å²) in [4.78, 5) is 14.2. The highest BCUT2D eigenvalue weighted by atomic mass is 16.2. The monoisotopic (exact) mass is 338 g/mol. The van der Waals surface area contributed by atoms with Crippen LogP contribution in [0.2, 0.25) is 0 Å². The van der Waals surface area contributed by atoms with Crippen LogP contribution in [0.3, 0.4) is 0 Å². The third kappa shape index (κ3) is 5.35. The SMILES string of the molecule is Cc1ccc(N[C@H](C)C(=O)N/N=C\c2ccc(N(C)C)cc2)c(C)c1. The van der Waals surface area contributed by atoms with Gasteiger partial charge >= 0.3 is 0 Å². The molecule has 2 aromatic rings. The first kappa shape index (κ1) is 18.5. The zero-order chi connectivity index (χ0) is 18.4. The van der Waals surface area contributed by atoms with Gasteiger partial charge < -0.3 is 10.2 Å². The molecule has 0 aliphatic rings. The molecule has 1 amide bonds. The van der Waals surface area contributed by atoms with Gasteiger partial charge in [0.25, 0.3) is 5.91 Å². The number of benzene rings is 2. The maximum absolute atomic E-state index is 12.2. The first-order valence-corrected chi connectivity index (χ1v) is 8.31. The van der Waals surface area contributed by atoms with Gasteiger partial charge in [-0.2, -0.15) is 5.10 Å². The second-order valence-electron chi connectivity index (χ2n) is 6.40. The number of hydrogen-bond donors (Lipinski definition) is 2. The number of rotatable bonds is 6. The molecule has 0 aliphatic carbocycles. The van der Waals surface area contributed by atoms with Gasteiger partial charge in [0.2, 0.25) is 0 Å². The van der Waals surface area contributed by atoms with Crippen LogP contribution < -0.4 is 15.6 Å². The normalized spacial score (nSPS) is 12.0. The molecular formula is C20H26N4O. The Balaban J connectivity index is 1.90. The van der Waals surface area contributed by atoms with Crippen molar-refractivity contribution in [2.45, 2.75) is 26.8 Å². The second-order valence-corrected chi connectivity index (χ2v) is 6.40. The number of nitrogens with zero attached hydrogens (tertiary/aromatic N) is 2. The van der Waals surface area contributed by atoms with E-state index in [0.29, 0.717) is 0 Å². The number of hydrogen-bond acceptors (Lipinski definition) is 4. The Morgan fingerprint density at radius 3 is 2.40 bits per heavy atom. The van der Waals surface area contributed by atoms with Crippen LogP contribution in [0.1, 0.15) is 23.6 Å². The topological polar surface area (TPSA) is 56.7 Å². The van der Waals surface area contributed by atoms with E-state index >= 15 is 0 Å². The van der Waals surface area contributed by atoms with Crippen molar-refractivity contribution in [1.82, 2.24) is 5.43 Å². The second kappa shape index (κ2) is 8.33. The maximum Gasteiger partial charge on any atom is 0.262 e. The quantitative estimate of drug-likeness (QED) is 0.627. The van der Waals surface area contributed by atoms with Gasteiger partial charge in [0.05, 0.1) is 6.21 Å². The summed E-state index contributed by atoms with van der Waals surface area (Å²) in [6.07, 6.45) is 1.64. The summed E-state index contributed by atoms with van der Waals surface area (Å²) in [6.45, 7) is 5.89. The zero-order valence-electron chi connectivity index (χ0n) is 15.5. The highest BCUT2D eigenvalue weighted by Gasteiger charge is 2.12. The number of carbonyl (C=O) groups is 1. The minimum atomic E-state index is -0.380. The molecule has 2 N–H and O–H groups in total. The van der Waals surface area contributed by atoms with Crippen LogP contribution in [-0.4, -0.2) is 32.3 Å². The number of anilines is 2. The van der Waals surface area contributed by atoms with Gasteiger partial charge in [-0.15, -0.1) is 0 Å². The molecule has 2 rings (SSSR count). The molecule has 1 atom stereocenters. The standard InChI is InChI=1S/C20H26N4O/c1-14-6-11-19(15(2)12-14)22-16(3)20(25)23-21-13-17-7-9-18(10-8-17)24(4)5/h6-13,16,22H,1-5H3,(H,23,25)/b21-13-/t16-/m1/s1. The summed E-state index contributed by atoms with van der Waals surface area (Å²) in [6, 6.07) is 13.7. The Hall–Kier alpha value is -2.82. The summed E-state index contributed by atoms with van der Waals surface area (Å²) < 4.78 is 0. The van der Waals surface area contributed by atoms with Crippen molar-refractivity contribution in [1.29, 1.82) is 0 Å². The van der Waals surface area contributed by atoms with Crippen molar-refractivity contribution in [2.75, 3.05) is 24.3 Å². The fourth-order valence-electron chi connectivity index (χ4n) is 2.40. The molecule has 0 unspecified atom stereocenters. The van der Waals surface area contributed by atoms with Crippen LogP contribution >= 0.6 is 0 Å². The lowest BCUT2D eigenvalue weighted by molar-refractivity contribution is -0.121. The Bertz CT molecular complexity index is 751. The van der Waals surface area contributed by atoms with Crippen molar-refractivity contribution in [2.24, 2.45) is 5.10 Å². The van der Waals surface area contributed by atoms with Crippen molar-refractivity contribution >= 4 is 23.5 Å². The molecule has 0 spiro atoms. The molecule has 0 radical (unpaired) electrons. The molecule has 2 aromatic carbocycles. The molecule has 0 bridgehead atoms. The summed E-state index contributed by atoms with van der Waals surface area (Å²) >= 11 is 0. The highest BCUT2D eigenvalue weighted by molar-refractivity contribution is 5.86. The fourth-order valence-corrected chi connectivity index (χ4v) is 2.40. The van der Waals surface area contributed by atoms with E-state index in [1.807, 2.05) is 76.2 Å². The van der Waals surface area contributed by atoms with E-state index in [0.717, 1.165) is 22.5 Å². The third-order valence-corrected chi connectivity index (χ3v) is 3.95. The Morgan fingerprint density at radius 1 is 1.12 bits per heavy atom. The molecule has 0 saturated carbocycles. The maximum atomic E-state index is 12.2. The van der Waals surface area contributed by atoms with E-state index in [4.69, 9.17) is 0 Å². The number of carbonyl (C=O) groups excluding carboxylic acids is 1. The molecule has 25 heavy (non-hydrogen) atoms. The van der Waals surface area contributed by atoms with Gasteiger partial charge in [-0.1, -0.05) is 29.8 Å². The van der Waals surface area contributed by atoms with E-state index in [9.17, 15) is 4.79 Å². The molecule has 0 aromatic heterocycles. The van der Waals surface area contributed by atoms with Gasteiger partial charge in [-0.3, -0.25) is 4.79 Å². The minimum absolute atomic E-state index is 0.180. The third-order valence-electron chi connectivity index (χ3n) is 3.95. The van der Waals surface area contributed by atoms with E-state index in [1.54, 1.807) is 6.21 Å². The molecule has 0 heterocycles. The number of nitrogens with one attached hydrogen (secondary N) is 2. The van der Waals surface area contributed by atoms with Gasteiger partial charge in [-0.05, 0) is 50.1 Å². The largest absolute Gasteiger partial charge is 0.378 e. The molecule has 0 aliphatic heterocycles. The summed E-state index contributed by atoms with van der Waals surface area (Å²) in [7, 11) is 3.99. The van der Waals surface area contributed by atoms with Crippen LogP contribution in [-0.2, 0) is 4.79 Å². The van der Waals surface area contributed by atoms with Gasteiger partial charge in [-0.25, -0.2) is 5.43 Å². The highest BCUT2D eigenvalue weighted by Crippen LogP contribution is 2.17. The average Bonchev–Trinajstić information content (AvgIpc) is 2.57. The predicted octanol–water partition coefficient (Wildman–Crippen LogP) is 3.32. The first-order valence-electron chi connectivity index (χ1n) is 8.31. The van der Waals surface area contributed by atoms with E-state index in [2.05, 4.69) is 21.9 Å². The van der Waals surface area contributed by atoms with Crippen molar-refractivity contribution in [3.05, 3.63) is 59.2 Å². The Morgan fingerprint density at radius 2 is 1.80 bits per heavy atom. The molecule has 132 valence electrons. The lowest BCUT2D eigenvalue weighted by Crippen LogP contribution is -2.35. The summed E-state index contributed by atoms with van der Waals surface area (Å²) in [5, 5.41) is 7.25. The lowest BCUT2D eigenvalue weighted by Gasteiger charge is -2.15. The van der Waals surface area contributed by atoms with E-state index in [1.165, 1.54) is 5.56 Å². The van der Waals surface area contributed by atoms with E-state index < -0.39 is 0 Å². The zero-order valence-corrected chi connectivity index (χ0v) is 15.5. The minimum Gasteiger partial charge on any atom is -0.378 e. The average molecular weight is 338 g/mol. The van der Waals surface area contributed by atoms with Crippen molar-refractivity contribution in [3.8, 4) is 0 Å². The molecule has 5 heteroatoms. The molecule has 0 saturated heterocycles. The van der Waals surface area contributed by atoms with Crippen LogP contribution in [0.5, 0.6) is 0 Å².